The summed E-state index contributed by atoms with van der Waals surface area (Å²) < 4.78 is 17.5. The number of carbonyl (C=O) groups is 3. The van der Waals surface area contributed by atoms with Gasteiger partial charge in [-0.15, -0.1) is 5.10 Å². The van der Waals surface area contributed by atoms with E-state index in [-0.39, 0.29) is 31.3 Å². The molecule has 0 saturated carbocycles. The fourth-order valence-electron chi connectivity index (χ4n) is 3.32. The zero-order valence-electron chi connectivity index (χ0n) is 21.9. The molecule has 2 rings (SSSR count). The van der Waals surface area contributed by atoms with Gasteiger partial charge in [0.1, 0.15) is 11.6 Å². The Hall–Kier alpha value is -3.34. The van der Waals surface area contributed by atoms with E-state index in [1.165, 1.54) is 11.8 Å². The number of benzene rings is 1. The quantitative estimate of drug-likeness (QED) is 0.409. The summed E-state index contributed by atoms with van der Waals surface area (Å²) >= 11 is 0. The monoisotopic (exact) mass is 503 g/mol. The molecular formula is C25H37N5O6. The van der Waals surface area contributed by atoms with Gasteiger partial charge in [-0.1, -0.05) is 44.2 Å². The summed E-state index contributed by atoms with van der Waals surface area (Å²) in [5.74, 6) is -0.781. The molecule has 198 valence electrons. The standard InChI is InChI=1S/C25H37N5O6/c1-24(2,3)36-21(32)15-25(4,5)23(33)26-19(17-35-16-18-11-8-7-9-12-18)22-27-28-29-30(22)14-10-13-20(31)34-6/h7-9,11-12,19H,10,13-17H2,1-6H3,(H,26,33)/t19-/m1/s1. The number of amides is 1. The van der Waals surface area contributed by atoms with Crippen LogP contribution in [0.3, 0.4) is 0 Å². The summed E-state index contributed by atoms with van der Waals surface area (Å²) in [7, 11) is 1.33. The second kappa shape index (κ2) is 13.1. The van der Waals surface area contributed by atoms with Crippen LogP contribution in [0.25, 0.3) is 0 Å². The topological polar surface area (TPSA) is 135 Å². The molecule has 0 spiro atoms. The Balaban J connectivity index is 2.14. The Bertz CT molecular complexity index is 1000. The Labute approximate surface area is 211 Å². The first-order chi connectivity index (χ1) is 16.9. The van der Waals surface area contributed by atoms with E-state index in [2.05, 4.69) is 25.6 Å². The predicted octanol–water partition coefficient (Wildman–Crippen LogP) is 2.76. The molecule has 11 heteroatoms. The average Bonchev–Trinajstić information content (AvgIpc) is 3.25. The number of aromatic nitrogens is 4. The van der Waals surface area contributed by atoms with Crippen molar-refractivity contribution in [3.63, 3.8) is 0 Å². The molecule has 11 nitrogen and oxygen atoms in total. The number of carbonyl (C=O) groups excluding carboxylic acids is 3. The zero-order chi connectivity index (χ0) is 26.8. The van der Waals surface area contributed by atoms with Crippen LogP contribution in [0.1, 0.15) is 71.3 Å². The molecule has 0 radical (unpaired) electrons. The van der Waals surface area contributed by atoms with Crippen molar-refractivity contribution in [3.8, 4) is 0 Å². The zero-order valence-corrected chi connectivity index (χ0v) is 21.9. The molecule has 1 aromatic heterocycles. The predicted molar refractivity (Wildman–Crippen MR) is 130 cm³/mol. The van der Waals surface area contributed by atoms with Crippen LogP contribution in [0.5, 0.6) is 0 Å². The molecule has 1 aromatic carbocycles. The van der Waals surface area contributed by atoms with E-state index in [9.17, 15) is 14.4 Å². The highest BCUT2D eigenvalue weighted by Gasteiger charge is 2.35. The SMILES string of the molecule is COC(=O)CCCn1nnnc1[C@@H](COCc1ccccc1)NC(=O)C(C)(C)CC(=O)OC(C)(C)C. The summed E-state index contributed by atoms with van der Waals surface area (Å²) in [6, 6.07) is 8.94. The Morgan fingerprint density at radius 2 is 1.75 bits per heavy atom. The third-order valence-corrected chi connectivity index (χ3v) is 5.17. The Morgan fingerprint density at radius 1 is 1.06 bits per heavy atom. The van der Waals surface area contributed by atoms with Gasteiger partial charge in [0.15, 0.2) is 5.82 Å². The molecule has 0 fully saturated rings. The van der Waals surface area contributed by atoms with Crippen LogP contribution in [0.2, 0.25) is 0 Å². The van der Waals surface area contributed by atoms with Crippen LogP contribution in [0, 0.1) is 5.41 Å². The number of hydrogen-bond acceptors (Lipinski definition) is 9. The van der Waals surface area contributed by atoms with Crippen molar-refractivity contribution >= 4 is 17.8 Å². The van der Waals surface area contributed by atoms with E-state index in [4.69, 9.17) is 9.47 Å². The van der Waals surface area contributed by atoms with Crippen LogP contribution in [0.15, 0.2) is 30.3 Å². The number of methoxy groups -OCH3 is 1. The van der Waals surface area contributed by atoms with Crippen molar-refractivity contribution in [2.24, 2.45) is 5.41 Å². The van der Waals surface area contributed by atoms with Gasteiger partial charge in [0, 0.05) is 13.0 Å². The molecule has 1 atom stereocenters. The van der Waals surface area contributed by atoms with Gasteiger partial charge in [0.05, 0.1) is 32.2 Å². The minimum absolute atomic E-state index is 0.0977. The van der Waals surface area contributed by atoms with Crippen LogP contribution in [-0.4, -0.2) is 57.4 Å². The first-order valence-electron chi connectivity index (χ1n) is 11.9. The minimum atomic E-state index is -1.05. The van der Waals surface area contributed by atoms with Gasteiger partial charge in [-0.3, -0.25) is 14.4 Å². The lowest BCUT2D eigenvalue weighted by Gasteiger charge is -2.28. The maximum atomic E-state index is 13.2. The summed E-state index contributed by atoms with van der Waals surface area (Å²) in [5, 5.41) is 14.8. The molecule has 36 heavy (non-hydrogen) atoms. The number of hydrogen-bond donors (Lipinski definition) is 1. The Morgan fingerprint density at radius 3 is 2.39 bits per heavy atom. The molecule has 0 saturated heterocycles. The van der Waals surface area contributed by atoms with Crippen molar-refractivity contribution in [2.75, 3.05) is 13.7 Å². The van der Waals surface area contributed by atoms with Crippen molar-refractivity contribution < 1.29 is 28.6 Å². The van der Waals surface area contributed by atoms with Crippen LogP contribution in [0.4, 0.5) is 0 Å². The largest absolute Gasteiger partial charge is 0.469 e. The summed E-state index contributed by atoms with van der Waals surface area (Å²) in [6.45, 7) is 9.46. The second-order valence-corrected chi connectivity index (χ2v) is 10.1. The number of tetrazole rings is 1. The highest BCUT2D eigenvalue weighted by molar-refractivity contribution is 5.87. The third-order valence-electron chi connectivity index (χ3n) is 5.17. The summed E-state index contributed by atoms with van der Waals surface area (Å²) in [5.41, 5.74) is -0.724. The molecule has 0 bridgehead atoms. The second-order valence-electron chi connectivity index (χ2n) is 10.1. The number of esters is 2. The van der Waals surface area contributed by atoms with Gasteiger partial charge >= 0.3 is 11.9 Å². The van der Waals surface area contributed by atoms with Crippen LogP contribution < -0.4 is 5.32 Å². The first kappa shape index (κ1) is 28.9. The third kappa shape index (κ3) is 9.73. The highest BCUT2D eigenvalue weighted by atomic mass is 16.6. The molecule has 0 unspecified atom stereocenters. The maximum absolute atomic E-state index is 13.2. The number of ether oxygens (including phenoxy) is 3. The van der Waals surface area contributed by atoms with Crippen molar-refractivity contribution in [1.82, 2.24) is 25.5 Å². The molecular weight excluding hydrogens is 466 g/mol. The van der Waals surface area contributed by atoms with Gasteiger partial charge in [0.25, 0.3) is 0 Å². The lowest BCUT2D eigenvalue weighted by atomic mass is 9.88. The molecule has 0 aliphatic heterocycles. The van der Waals surface area contributed by atoms with Gasteiger partial charge in [-0.25, -0.2) is 4.68 Å². The summed E-state index contributed by atoms with van der Waals surface area (Å²) in [6.07, 6.45) is 0.568. The average molecular weight is 504 g/mol. The van der Waals surface area contributed by atoms with Crippen molar-refractivity contribution in [2.45, 2.75) is 78.7 Å². The molecule has 1 heterocycles. The van der Waals surface area contributed by atoms with Gasteiger partial charge in [0.2, 0.25) is 5.91 Å². The molecule has 1 amide bonds. The summed E-state index contributed by atoms with van der Waals surface area (Å²) in [4.78, 5) is 37.1. The van der Waals surface area contributed by atoms with Crippen LogP contribution in [-0.2, 0) is 41.7 Å². The smallest absolute Gasteiger partial charge is 0.307 e. The van der Waals surface area contributed by atoms with Gasteiger partial charge < -0.3 is 19.5 Å². The normalized spacial score (nSPS) is 12.6. The lowest BCUT2D eigenvalue weighted by molar-refractivity contribution is -0.159. The fraction of sp³-hybridized carbons (Fsp3) is 0.600. The fourth-order valence-corrected chi connectivity index (χ4v) is 3.32. The molecule has 0 aliphatic rings. The molecule has 1 N–H and O–H groups in total. The number of nitrogens with one attached hydrogen (secondary N) is 1. The number of aryl methyl sites for hydroxylation is 1. The van der Waals surface area contributed by atoms with Crippen molar-refractivity contribution in [3.05, 3.63) is 41.7 Å². The first-order valence-corrected chi connectivity index (χ1v) is 11.9. The minimum Gasteiger partial charge on any atom is -0.469 e. The van der Waals surface area contributed by atoms with E-state index in [1.54, 1.807) is 34.6 Å². The van der Waals surface area contributed by atoms with E-state index >= 15 is 0 Å². The van der Waals surface area contributed by atoms with Crippen LogP contribution >= 0.6 is 0 Å². The number of rotatable bonds is 13. The highest BCUT2D eigenvalue weighted by Crippen LogP contribution is 2.25. The Kier molecular flexibility index (Phi) is 10.5. The van der Waals surface area contributed by atoms with Crippen molar-refractivity contribution in [1.29, 1.82) is 0 Å². The van der Waals surface area contributed by atoms with E-state index in [0.29, 0.717) is 25.4 Å². The van der Waals surface area contributed by atoms with Gasteiger partial charge in [-0.2, -0.15) is 0 Å². The van der Waals surface area contributed by atoms with E-state index in [1.807, 2.05) is 30.3 Å². The van der Waals surface area contributed by atoms with E-state index in [0.717, 1.165) is 5.56 Å². The van der Waals surface area contributed by atoms with E-state index < -0.39 is 23.0 Å². The number of nitrogens with zero attached hydrogens (tertiary/aromatic N) is 4. The van der Waals surface area contributed by atoms with Gasteiger partial charge in [-0.05, 0) is 43.2 Å². The molecule has 2 aromatic rings. The lowest BCUT2D eigenvalue weighted by Crippen LogP contribution is -2.43. The molecule has 0 aliphatic carbocycles. The maximum Gasteiger partial charge on any atom is 0.307 e.